The lowest BCUT2D eigenvalue weighted by molar-refractivity contribution is 0.525. The molecule has 0 aliphatic heterocycles. The fourth-order valence-electron chi connectivity index (χ4n) is 1.91. The standard InChI is InChI=1S/C11H22N2S/c1-9(2)12-11(14)13-10-7-5-3-4-6-8-10/h9-10H,3-8H2,1-2H3,(H2,12,13,14). The molecule has 1 fully saturated rings. The monoisotopic (exact) mass is 214 g/mol. The van der Waals surface area contributed by atoms with E-state index in [1.807, 2.05) is 0 Å². The summed E-state index contributed by atoms with van der Waals surface area (Å²) in [5, 5.41) is 7.47. The minimum atomic E-state index is 0.431. The third-order valence-electron chi connectivity index (χ3n) is 2.61. The molecule has 0 spiro atoms. The second-order valence-corrected chi connectivity index (χ2v) is 4.87. The van der Waals surface area contributed by atoms with Gasteiger partial charge in [0.05, 0.1) is 0 Å². The zero-order valence-electron chi connectivity index (χ0n) is 9.31. The Morgan fingerprint density at radius 1 is 1.14 bits per heavy atom. The number of hydrogen-bond donors (Lipinski definition) is 2. The zero-order valence-corrected chi connectivity index (χ0v) is 10.1. The summed E-state index contributed by atoms with van der Waals surface area (Å²) < 4.78 is 0. The van der Waals surface area contributed by atoms with E-state index in [2.05, 4.69) is 24.5 Å². The van der Waals surface area contributed by atoms with Crippen LogP contribution in [0.15, 0.2) is 0 Å². The molecule has 0 radical (unpaired) electrons. The predicted molar refractivity (Wildman–Crippen MR) is 65.5 cm³/mol. The van der Waals surface area contributed by atoms with Crippen molar-refractivity contribution in [1.29, 1.82) is 0 Å². The van der Waals surface area contributed by atoms with Crippen LogP contribution in [0.3, 0.4) is 0 Å². The third-order valence-corrected chi connectivity index (χ3v) is 2.85. The Bertz CT molecular complexity index is 172. The quantitative estimate of drug-likeness (QED) is 0.546. The molecule has 1 aliphatic carbocycles. The molecule has 0 aromatic carbocycles. The lowest BCUT2D eigenvalue weighted by Gasteiger charge is -2.20. The molecule has 82 valence electrons. The second kappa shape index (κ2) is 6.23. The average Bonchev–Trinajstić information content (AvgIpc) is 2.31. The van der Waals surface area contributed by atoms with E-state index in [1.165, 1.54) is 38.5 Å². The van der Waals surface area contributed by atoms with Crippen LogP contribution in [-0.4, -0.2) is 17.2 Å². The Labute approximate surface area is 92.8 Å². The predicted octanol–water partition coefficient (Wildman–Crippen LogP) is 2.58. The van der Waals surface area contributed by atoms with Crippen molar-refractivity contribution in [3.8, 4) is 0 Å². The lowest BCUT2D eigenvalue weighted by Crippen LogP contribution is -2.44. The van der Waals surface area contributed by atoms with Crippen LogP contribution < -0.4 is 10.6 Å². The summed E-state index contributed by atoms with van der Waals surface area (Å²) in [4.78, 5) is 0. The van der Waals surface area contributed by atoms with Crippen molar-refractivity contribution in [2.75, 3.05) is 0 Å². The Morgan fingerprint density at radius 3 is 2.21 bits per heavy atom. The largest absolute Gasteiger partial charge is 0.361 e. The highest BCUT2D eigenvalue weighted by atomic mass is 32.1. The van der Waals surface area contributed by atoms with Gasteiger partial charge in [0.2, 0.25) is 0 Å². The Hall–Kier alpha value is -0.310. The first-order valence-corrected chi connectivity index (χ1v) is 6.16. The summed E-state index contributed by atoms with van der Waals surface area (Å²) in [5.74, 6) is 0. The van der Waals surface area contributed by atoms with Crippen molar-refractivity contribution >= 4 is 17.3 Å². The van der Waals surface area contributed by atoms with E-state index in [1.54, 1.807) is 0 Å². The molecule has 0 aromatic heterocycles. The molecule has 0 amide bonds. The van der Waals surface area contributed by atoms with Gasteiger partial charge in [-0.2, -0.15) is 0 Å². The van der Waals surface area contributed by atoms with E-state index in [9.17, 15) is 0 Å². The molecule has 1 rings (SSSR count). The fraction of sp³-hybridized carbons (Fsp3) is 0.909. The van der Waals surface area contributed by atoms with E-state index in [-0.39, 0.29) is 0 Å². The zero-order chi connectivity index (χ0) is 10.4. The summed E-state index contributed by atoms with van der Waals surface area (Å²) >= 11 is 5.23. The summed E-state index contributed by atoms with van der Waals surface area (Å²) in [6.45, 7) is 4.22. The number of hydrogen-bond acceptors (Lipinski definition) is 1. The van der Waals surface area contributed by atoms with E-state index in [0.717, 1.165) is 5.11 Å². The van der Waals surface area contributed by atoms with Crippen molar-refractivity contribution in [2.24, 2.45) is 0 Å². The van der Waals surface area contributed by atoms with Gasteiger partial charge in [0.25, 0.3) is 0 Å². The van der Waals surface area contributed by atoms with Gasteiger partial charge < -0.3 is 10.6 Å². The average molecular weight is 214 g/mol. The van der Waals surface area contributed by atoms with Crippen molar-refractivity contribution in [3.05, 3.63) is 0 Å². The molecule has 0 heterocycles. The van der Waals surface area contributed by atoms with Crippen LogP contribution in [-0.2, 0) is 0 Å². The van der Waals surface area contributed by atoms with Gasteiger partial charge in [-0.3, -0.25) is 0 Å². The molecule has 0 bridgehead atoms. The van der Waals surface area contributed by atoms with Gasteiger partial charge in [-0.25, -0.2) is 0 Å². The van der Waals surface area contributed by atoms with Crippen molar-refractivity contribution in [1.82, 2.24) is 10.6 Å². The molecule has 0 saturated heterocycles. The van der Waals surface area contributed by atoms with Gasteiger partial charge in [0.15, 0.2) is 5.11 Å². The molecule has 2 nitrogen and oxygen atoms in total. The van der Waals surface area contributed by atoms with Gasteiger partial charge in [-0.05, 0) is 38.9 Å². The third kappa shape index (κ3) is 4.80. The molecule has 1 aliphatic rings. The van der Waals surface area contributed by atoms with Crippen LogP contribution in [0, 0.1) is 0 Å². The SMILES string of the molecule is CC(C)NC(=S)NC1CCCCCC1. The van der Waals surface area contributed by atoms with Gasteiger partial charge in [0.1, 0.15) is 0 Å². The first-order chi connectivity index (χ1) is 6.68. The van der Waals surface area contributed by atoms with Gasteiger partial charge in [0, 0.05) is 12.1 Å². The maximum Gasteiger partial charge on any atom is 0.166 e. The molecule has 14 heavy (non-hydrogen) atoms. The Balaban J connectivity index is 2.23. The summed E-state index contributed by atoms with van der Waals surface area (Å²) in [7, 11) is 0. The smallest absolute Gasteiger partial charge is 0.166 e. The van der Waals surface area contributed by atoms with E-state index in [0.29, 0.717) is 12.1 Å². The van der Waals surface area contributed by atoms with E-state index >= 15 is 0 Å². The minimum absolute atomic E-state index is 0.431. The highest BCUT2D eigenvalue weighted by Crippen LogP contribution is 2.16. The molecule has 1 saturated carbocycles. The molecule has 0 aromatic rings. The first-order valence-electron chi connectivity index (χ1n) is 5.75. The highest BCUT2D eigenvalue weighted by molar-refractivity contribution is 7.80. The van der Waals surface area contributed by atoms with Crippen LogP contribution in [0.4, 0.5) is 0 Å². The van der Waals surface area contributed by atoms with Crippen LogP contribution in [0.25, 0.3) is 0 Å². The summed E-state index contributed by atoms with van der Waals surface area (Å²) in [6, 6.07) is 1.04. The molecule has 0 unspecified atom stereocenters. The number of thiocarbonyl (C=S) groups is 1. The topological polar surface area (TPSA) is 24.1 Å². The number of nitrogens with one attached hydrogen (secondary N) is 2. The summed E-state index contributed by atoms with van der Waals surface area (Å²) in [6.07, 6.45) is 8.04. The van der Waals surface area contributed by atoms with Crippen LogP contribution in [0.5, 0.6) is 0 Å². The molecule has 2 N–H and O–H groups in total. The van der Waals surface area contributed by atoms with Gasteiger partial charge >= 0.3 is 0 Å². The van der Waals surface area contributed by atoms with Crippen molar-refractivity contribution in [3.63, 3.8) is 0 Å². The van der Waals surface area contributed by atoms with Gasteiger partial charge in [-0.15, -0.1) is 0 Å². The van der Waals surface area contributed by atoms with Crippen LogP contribution >= 0.6 is 12.2 Å². The van der Waals surface area contributed by atoms with Crippen molar-refractivity contribution < 1.29 is 0 Å². The summed E-state index contributed by atoms with van der Waals surface area (Å²) in [5.41, 5.74) is 0. The van der Waals surface area contributed by atoms with Crippen LogP contribution in [0.2, 0.25) is 0 Å². The Morgan fingerprint density at radius 2 is 1.71 bits per heavy atom. The highest BCUT2D eigenvalue weighted by Gasteiger charge is 2.12. The molecular weight excluding hydrogens is 192 g/mol. The minimum Gasteiger partial charge on any atom is -0.361 e. The maximum absolute atomic E-state index is 5.23. The number of rotatable bonds is 2. The molecule has 0 atom stereocenters. The van der Waals surface area contributed by atoms with Gasteiger partial charge in [-0.1, -0.05) is 25.7 Å². The molecule has 3 heteroatoms. The van der Waals surface area contributed by atoms with E-state index < -0.39 is 0 Å². The van der Waals surface area contributed by atoms with Crippen molar-refractivity contribution in [2.45, 2.75) is 64.5 Å². The second-order valence-electron chi connectivity index (χ2n) is 4.46. The normalized spacial score (nSPS) is 19.1. The maximum atomic E-state index is 5.23. The first kappa shape index (κ1) is 11.8. The van der Waals surface area contributed by atoms with Crippen LogP contribution in [0.1, 0.15) is 52.4 Å². The lowest BCUT2D eigenvalue weighted by atomic mass is 10.1. The molecular formula is C11H22N2S. The Kier molecular flexibility index (Phi) is 5.23. The fourth-order valence-corrected chi connectivity index (χ4v) is 2.32. The van der Waals surface area contributed by atoms with E-state index in [4.69, 9.17) is 12.2 Å².